The Morgan fingerprint density at radius 1 is 1.17 bits per heavy atom. The molecule has 0 aromatic heterocycles. The molecule has 1 aliphatic rings. The number of methoxy groups -OCH3 is 1. The maximum absolute atomic E-state index is 13.4. The topological polar surface area (TPSA) is 95.9 Å². The molecule has 3 rings (SSSR count). The zero-order valence-corrected chi connectivity index (χ0v) is 16.8. The molecule has 1 saturated heterocycles. The maximum atomic E-state index is 13.4. The second-order valence-electron chi connectivity index (χ2n) is 7.05. The lowest BCUT2D eigenvalue weighted by atomic mass is 9.73. The summed E-state index contributed by atoms with van der Waals surface area (Å²) in [6.45, 7) is 0.427. The van der Waals surface area contributed by atoms with E-state index in [1.54, 1.807) is 36.4 Å². The molecular formula is C20H23FN2O5S. The molecule has 29 heavy (non-hydrogen) atoms. The van der Waals surface area contributed by atoms with E-state index in [0.29, 0.717) is 24.2 Å². The van der Waals surface area contributed by atoms with E-state index < -0.39 is 15.7 Å². The van der Waals surface area contributed by atoms with Crippen LogP contribution in [0, 0.1) is 5.82 Å². The Hall–Kier alpha value is -2.49. The van der Waals surface area contributed by atoms with E-state index in [1.165, 1.54) is 19.2 Å². The molecule has 9 heteroatoms. The third-order valence-electron chi connectivity index (χ3n) is 5.40. The van der Waals surface area contributed by atoms with Crippen molar-refractivity contribution >= 4 is 16.2 Å². The molecule has 1 heterocycles. The van der Waals surface area contributed by atoms with Crippen molar-refractivity contribution in [2.75, 3.05) is 26.7 Å². The standard InChI is InChI=1S/C20H23FN2O5S/c1-28-18-5-3-2-4-17(18)19(24)22-14-20(15-6-8-16(21)9-7-15)10-12-23(13-11-20)29(25,26)27/h2-9H,10-14H2,1H3,(H,22,24)(H,25,26,27). The average molecular weight is 422 g/mol. The number of carbonyl (C=O) groups is 1. The molecule has 0 unspecified atom stereocenters. The lowest BCUT2D eigenvalue weighted by Gasteiger charge is -2.41. The molecule has 2 aromatic rings. The molecule has 0 atom stereocenters. The molecule has 1 amide bonds. The predicted molar refractivity (Wildman–Crippen MR) is 106 cm³/mol. The van der Waals surface area contributed by atoms with Crippen molar-refractivity contribution in [2.45, 2.75) is 18.3 Å². The van der Waals surface area contributed by atoms with Gasteiger partial charge in [0.2, 0.25) is 0 Å². The molecule has 2 aromatic carbocycles. The number of amides is 1. The van der Waals surface area contributed by atoms with Crippen LogP contribution in [-0.4, -0.2) is 49.9 Å². The van der Waals surface area contributed by atoms with Crippen LogP contribution < -0.4 is 10.1 Å². The van der Waals surface area contributed by atoms with Crippen molar-refractivity contribution in [1.82, 2.24) is 9.62 Å². The third-order valence-corrected chi connectivity index (χ3v) is 6.42. The van der Waals surface area contributed by atoms with Gasteiger partial charge in [-0.05, 0) is 42.7 Å². The van der Waals surface area contributed by atoms with Crippen molar-refractivity contribution in [2.24, 2.45) is 0 Å². The fourth-order valence-corrected chi connectivity index (χ4v) is 4.34. The summed E-state index contributed by atoms with van der Waals surface area (Å²) >= 11 is 0. The number of nitrogens with zero attached hydrogens (tertiary/aromatic N) is 1. The first kappa shape index (κ1) is 21.2. The second kappa shape index (κ2) is 8.48. The van der Waals surface area contributed by atoms with Gasteiger partial charge in [0.1, 0.15) is 11.6 Å². The van der Waals surface area contributed by atoms with Gasteiger partial charge < -0.3 is 10.1 Å². The molecule has 0 radical (unpaired) electrons. The molecule has 0 bridgehead atoms. The van der Waals surface area contributed by atoms with E-state index in [-0.39, 0.29) is 31.4 Å². The minimum atomic E-state index is -4.28. The van der Waals surface area contributed by atoms with Crippen LogP contribution in [0.2, 0.25) is 0 Å². The highest BCUT2D eigenvalue weighted by Crippen LogP contribution is 2.36. The summed E-state index contributed by atoms with van der Waals surface area (Å²) in [6, 6.07) is 12.8. The summed E-state index contributed by atoms with van der Waals surface area (Å²) in [6.07, 6.45) is 0.731. The molecule has 1 aliphatic heterocycles. The summed E-state index contributed by atoms with van der Waals surface area (Å²) in [7, 11) is -2.80. The molecule has 2 N–H and O–H groups in total. The summed E-state index contributed by atoms with van der Waals surface area (Å²) in [4.78, 5) is 12.7. The van der Waals surface area contributed by atoms with E-state index >= 15 is 0 Å². The Morgan fingerprint density at radius 2 is 1.79 bits per heavy atom. The second-order valence-corrected chi connectivity index (χ2v) is 8.46. The average Bonchev–Trinajstić information content (AvgIpc) is 2.72. The van der Waals surface area contributed by atoms with Crippen LogP contribution in [0.3, 0.4) is 0 Å². The zero-order valence-electron chi connectivity index (χ0n) is 16.0. The first-order valence-corrected chi connectivity index (χ1v) is 10.5. The van der Waals surface area contributed by atoms with Crippen LogP contribution in [0.15, 0.2) is 48.5 Å². The first-order valence-electron chi connectivity index (χ1n) is 9.15. The van der Waals surface area contributed by atoms with E-state index in [1.807, 2.05) is 0 Å². The minimum Gasteiger partial charge on any atom is -0.496 e. The van der Waals surface area contributed by atoms with Crippen LogP contribution in [0.1, 0.15) is 28.8 Å². The molecule has 156 valence electrons. The highest BCUT2D eigenvalue weighted by atomic mass is 32.2. The molecule has 1 fully saturated rings. The van der Waals surface area contributed by atoms with Crippen LogP contribution >= 0.6 is 0 Å². The van der Waals surface area contributed by atoms with E-state index in [4.69, 9.17) is 4.74 Å². The van der Waals surface area contributed by atoms with Gasteiger partial charge in [-0.3, -0.25) is 9.35 Å². The molecule has 7 nitrogen and oxygen atoms in total. The Labute approximate surface area is 169 Å². The van der Waals surface area contributed by atoms with Gasteiger partial charge in [0.05, 0.1) is 12.7 Å². The number of piperidine rings is 1. The number of ether oxygens (including phenoxy) is 1. The number of para-hydroxylation sites is 1. The van der Waals surface area contributed by atoms with E-state index in [9.17, 15) is 22.2 Å². The Balaban J connectivity index is 1.83. The van der Waals surface area contributed by atoms with E-state index in [0.717, 1.165) is 9.87 Å². The van der Waals surface area contributed by atoms with Gasteiger partial charge in [-0.1, -0.05) is 24.3 Å². The van der Waals surface area contributed by atoms with Crippen LogP contribution in [0.4, 0.5) is 4.39 Å². The quantitative estimate of drug-likeness (QED) is 0.697. The summed E-state index contributed by atoms with van der Waals surface area (Å²) in [5.74, 6) is -0.250. The number of hydrogen-bond donors (Lipinski definition) is 2. The number of hydrogen-bond acceptors (Lipinski definition) is 4. The summed E-state index contributed by atoms with van der Waals surface area (Å²) in [5, 5.41) is 2.91. The molecular weight excluding hydrogens is 399 g/mol. The minimum absolute atomic E-state index is 0.0980. The SMILES string of the molecule is COc1ccccc1C(=O)NCC1(c2ccc(F)cc2)CCN(S(=O)(=O)O)CC1. The van der Waals surface area contributed by atoms with Gasteiger partial charge in [0.15, 0.2) is 0 Å². The summed E-state index contributed by atoms with van der Waals surface area (Å²) < 4.78 is 51.8. The fourth-order valence-electron chi connectivity index (χ4n) is 3.69. The lowest BCUT2D eigenvalue weighted by Crippen LogP contribution is -2.50. The Morgan fingerprint density at radius 3 is 2.38 bits per heavy atom. The van der Waals surface area contributed by atoms with Gasteiger partial charge in [-0.2, -0.15) is 12.7 Å². The highest BCUT2D eigenvalue weighted by molar-refractivity contribution is 7.83. The fraction of sp³-hybridized carbons (Fsp3) is 0.350. The van der Waals surface area contributed by atoms with Crippen molar-refractivity contribution < 1.29 is 26.9 Å². The Kier molecular flexibility index (Phi) is 6.21. The number of halogens is 1. The van der Waals surface area contributed by atoms with Crippen LogP contribution in [0.5, 0.6) is 5.75 Å². The molecule has 0 spiro atoms. The largest absolute Gasteiger partial charge is 0.496 e. The Bertz CT molecular complexity index is 971. The highest BCUT2D eigenvalue weighted by Gasteiger charge is 2.39. The van der Waals surface area contributed by atoms with Crippen LogP contribution in [-0.2, 0) is 15.7 Å². The maximum Gasteiger partial charge on any atom is 0.335 e. The first-order chi connectivity index (χ1) is 13.7. The van der Waals surface area contributed by atoms with Crippen molar-refractivity contribution in [1.29, 1.82) is 0 Å². The smallest absolute Gasteiger partial charge is 0.335 e. The van der Waals surface area contributed by atoms with Crippen molar-refractivity contribution in [3.8, 4) is 5.75 Å². The number of carbonyl (C=O) groups excluding carboxylic acids is 1. The van der Waals surface area contributed by atoms with Gasteiger partial charge in [0.25, 0.3) is 5.91 Å². The number of rotatable bonds is 6. The summed E-state index contributed by atoms with van der Waals surface area (Å²) in [5.41, 5.74) is 0.598. The van der Waals surface area contributed by atoms with E-state index in [2.05, 4.69) is 5.32 Å². The third kappa shape index (κ3) is 4.75. The molecule has 0 saturated carbocycles. The van der Waals surface area contributed by atoms with Crippen molar-refractivity contribution in [3.63, 3.8) is 0 Å². The number of benzene rings is 2. The van der Waals surface area contributed by atoms with Gasteiger partial charge in [-0.25, -0.2) is 4.39 Å². The van der Waals surface area contributed by atoms with Crippen molar-refractivity contribution in [3.05, 3.63) is 65.5 Å². The normalized spacial score (nSPS) is 16.9. The predicted octanol–water partition coefficient (Wildman–Crippen LogP) is 2.40. The number of nitrogens with one attached hydrogen (secondary N) is 1. The monoisotopic (exact) mass is 422 g/mol. The van der Waals surface area contributed by atoms with Gasteiger partial charge in [-0.15, -0.1) is 0 Å². The van der Waals surface area contributed by atoms with Crippen LogP contribution in [0.25, 0.3) is 0 Å². The molecule has 0 aliphatic carbocycles. The lowest BCUT2D eigenvalue weighted by molar-refractivity contribution is 0.0929. The van der Waals surface area contributed by atoms with Gasteiger partial charge in [0, 0.05) is 25.0 Å². The zero-order chi connectivity index (χ0) is 21.1. The van der Waals surface area contributed by atoms with Gasteiger partial charge >= 0.3 is 10.3 Å².